The molecule has 2 aromatic rings. The molecule has 2 rings (SSSR count). The zero-order valence-corrected chi connectivity index (χ0v) is 16.8. The molecule has 1 aromatic heterocycles. The number of nitrogens with zero attached hydrogens (tertiary/aromatic N) is 1. The fourth-order valence-corrected chi connectivity index (χ4v) is 3.62. The number of hydrogen-bond acceptors (Lipinski definition) is 8. The highest BCUT2D eigenvalue weighted by molar-refractivity contribution is 7.89. The number of rotatable bonds is 8. The molecule has 9 nitrogen and oxygen atoms in total. The highest BCUT2D eigenvalue weighted by Gasteiger charge is 2.24. The largest absolute Gasteiger partial charge is 0.468 e. The summed E-state index contributed by atoms with van der Waals surface area (Å²) in [6, 6.07) is 6.58. The van der Waals surface area contributed by atoms with Gasteiger partial charge in [0.2, 0.25) is 10.0 Å². The summed E-state index contributed by atoms with van der Waals surface area (Å²) in [6.07, 6.45) is 1.50. The number of furan rings is 1. The molecule has 0 aliphatic rings. The van der Waals surface area contributed by atoms with Crippen molar-refractivity contribution in [1.82, 2.24) is 9.62 Å². The number of carbonyl (C=O) groups excluding carboxylic acids is 2. The highest BCUT2D eigenvalue weighted by atomic mass is 32.2. The van der Waals surface area contributed by atoms with Gasteiger partial charge in [-0.3, -0.25) is 4.90 Å². The number of benzene rings is 1. The van der Waals surface area contributed by atoms with Crippen LogP contribution in [0.1, 0.15) is 32.5 Å². The molecule has 0 aliphatic heterocycles. The number of nitrogens with one attached hydrogen (secondary N) is 1. The molecule has 1 atom stereocenters. The molecule has 0 saturated heterocycles. The quantitative estimate of drug-likeness (QED) is 0.650. The van der Waals surface area contributed by atoms with Crippen LogP contribution in [0.2, 0.25) is 0 Å². The first-order valence-corrected chi connectivity index (χ1v) is 9.69. The molecule has 152 valence electrons. The number of carbonyl (C=O) groups is 2. The molecule has 0 fully saturated rings. The van der Waals surface area contributed by atoms with Crippen molar-refractivity contribution in [3.8, 4) is 0 Å². The Morgan fingerprint density at radius 1 is 1.11 bits per heavy atom. The number of hydrogen-bond donors (Lipinski definition) is 1. The summed E-state index contributed by atoms with van der Waals surface area (Å²) >= 11 is 0. The van der Waals surface area contributed by atoms with Crippen LogP contribution in [0.15, 0.2) is 45.9 Å². The Morgan fingerprint density at radius 3 is 2.11 bits per heavy atom. The Labute approximate surface area is 163 Å². The molecule has 1 aromatic carbocycles. The van der Waals surface area contributed by atoms with Crippen LogP contribution in [0.25, 0.3) is 0 Å². The van der Waals surface area contributed by atoms with Gasteiger partial charge in [-0.15, -0.1) is 0 Å². The van der Waals surface area contributed by atoms with E-state index in [4.69, 9.17) is 4.42 Å². The fraction of sp³-hybridized carbons (Fsp3) is 0.333. The van der Waals surface area contributed by atoms with Crippen molar-refractivity contribution >= 4 is 22.0 Å². The lowest BCUT2D eigenvalue weighted by molar-refractivity contribution is 0.0598. The summed E-state index contributed by atoms with van der Waals surface area (Å²) in [6.45, 7) is 0.0128. The van der Waals surface area contributed by atoms with Crippen molar-refractivity contribution in [1.29, 1.82) is 0 Å². The maximum atomic E-state index is 12.8. The number of esters is 2. The molecule has 10 heteroatoms. The average molecular weight is 410 g/mol. The first-order valence-electron chi connectivity index (χ1n) is 8.20. The first-order chi connectivity index (χ1) is 13.2. The van der Waals surface area contributed by atoms with Gasteiger partial charge >= 0.3 is 11.9 Å². The fourth-order valence-electron chi connectivity index (χ4n) is 2.52. The van der Waals surface area contributed by atoms with E-state index in [1.807, 2.05) is 0 Å². The van der Waals surface area contributed by atoms with E-state index in [9.17, 15) is 18.0 Å². The minimum absolute atomic E-state index is 0.0128. The van der Waals surface area contributed by atoms with E-state index in [1.54, 1.807) is 31.1 Å². The first kappa shape index (κ1) is 21.6. The van der Waals surface area contributed by atoms with Crippen molar-refractivity contribution in [3.63, 3.8) is 0 Å². The molecular formula is C18H22N2O7S. The predicted octanol–water partition coefficient (Wildman–Crippen LogP) is 1.43. The Bertz CT molecular complexity index is 903. The van der Waals surface area contributed by atoms with Gasteiger partial charge in [-0.1, -0.05) is 0 Å². The Balaban J connectivity index is 2.35. The summed E-state index contributed by atoms with van der Waals surface area (Å²) in [5.74, 6) is -0.959. The molecule has 1 unspecified atom stereocenters. The van der Waals surface area contributed by atoms with Crippen LogP contribution in [0.5, 0.6) is 0 Å². The number of sulfonamides is 1. The third-order valence-electron chi connectivity index (χ3n) is 4.02. The van der Waals surface area contributed by atoms with Gasteiger partial charge in [0, 0.05) is 6.54 Å². The lowest BCUT2D eigenvalue weighted by Gasteiger charge is -2.22. The molecule has 28 heavy (non-hydrogen) atoms. The molecule has 1 N–H and O–H groups in total. The number of ether oxygens (including phenoxy) is 2. The van der Waals surface area contributed by atoms with Gasteiger partial charge in [0.1, 0.15) is 5.76 Å². The van der Waals surface area contributed by atoms with Gasteiger partial charge in [-0.2, -0.15) is 0 Å². The Hall–Kier alpha value is -2.69. The maximum absolute atomic E-state index is 12.8. The molecule has 0 saturated carbocycles. The van der Waals surface area contributed by atoms with Gasteiger partial charge in [0.15, 0.2) is 0 Å². The summed E-state index contributed by atoms with van der Waals surface area (Å²) < 4.78 is 42.7. The van der Waals surface area contributed by atoms with Crippen LogP contribution in [0.4, 0.5) is 0 Å². The van der Waals surface area contributed by atoms with E-state index in [1.165, 1.54) is 12.3 Å². The third-order valence-corrected chi connectivity index (χ3v) is 5.42. The maximum Gasteiger partial charge on any atom is 0.337 e. The second-order valence-corrected chi connectivity index (χ2v) is 7.84. The van der Waals surface area contributed by atoms with E-state index in [-0.39, 0.29) is 28.6 Å². The lowest BCUT2D eigenvalue weighted by atomic mass is 10.1. The van der Waals surface area contributed by atoms with Crippen LogP contribution in [-0.2, 0) is 19.5 Å². The van der Waals surface area contributed by atoms with Crippen molar-refractivity contribution in [2.24, 2.45) is 0 Å². The lowest BCUT2D eigenvalue weighted by Crippen LogP contribution is -2.34. The number of likely N-dealkylation sites (N-methyl/N-ethyl adjacent to an activating group) is 1. The van der Waals surface area contributed by atoms with E-state index in [2.05, 4.69) is 14.2 Å². The zero-order chi connectivity index (χ0) is 20.9. The monoisotopic (exact) mass is 410 g/mol. The summed E-state index contributed by atoms with van der Waals surface area (Å²) in [5, 5.41) is 0. The van der Waals surface area contributed by atoms with Gasteiger partial charge in [0.05, 0.1) is 42.5 Å². The average Bonchev–Trinajstić information content (AvgIpc) is 3.20. The molecule has 0 radical (unpaired) electrons. The number of methoxy groups -OCH3 is 2. The SMILES string of the molecule is COC(=O)c1cc(C(=O)OC)cc(S(=O)(=O)NCC(c2ccco2)N(C)C)c1. The smallest absolute Gasteiger partial charge is 0.337 e. The highest BCUT2D eigenvalue weighted by Crippen LogP contribution is 2.20. The second-order valence-electron chi connectivity index (χ2n) is 6.08. The summed E-state index contributed by atoms with van der Waals surface area (Å²) in [7, 11) is 1.85. The van der Waals surface area contributed by atoms with Crippen molar-refractivity contribution in [2.45, 2.75) is 10.9 Å². The molecule has 1 heterocycles. The molecule has 0 aliphatic carbocycles. The topological polar surface area (TPSA) is 115 Å². The predicted molar refractivity (Wildman–Crippen MR) is 99.4 cm³/mol. The van der Waals surface area contributed by atoms with Gasteiger partial charge in [-0.25, -0.2) is 22.7 Å². The normalized spacial score (nSPS) is 12.6. The Morgan fingerprint density at radius 2 is 1.68 bits per heavy atom. The van der Waals surface area contributed by atoms with E-state index in [0.717, 1.165) is 26.4 Å². The Kier molecular flexibility index (Phi) is 6.95. The molecular weight excluding hydrogens is 388 g/mol. The molecule has 0 amide bonds. The van der Waals surface area contributed by atoms with Crippen LogP contribution in [0.3, 0.4) is 0 Å². The van der Waals surface area contributed by atoms with Crippen molar-refractivity contribution < 1.29 is 31.9 Å². The second kappa shape index (κ2) is 9.00. The van der Waals surface area contributed by atoms with Gasteiger partial charge in [0.25, 0.3) is 0 Å². The van der Waals surface area contributed by atoms with Crippen LogP contribution in [-0.4, -0.2) is 60.1 Å². The van der Waals surface area contributed by atoms with Crippen molar-refractivity contribution in [2.75, 3.05) is 34.9 Å². The minimum Gasteiger partial charge on any atom is -0.468 e. The standard InChI is InChI=1S/C18H22N2O7S/c1-20(2)15(16-6-5-7-27-16)11-19-28(23,24)14-9-12(17(21)25-3)8-13(10-14)18(22)26-4/h5-10,15,19H,11H2,1-4H3. The molecule has 0 bridgehead atoms. The van der Waals surface area contributed by atoms with Gasteiger partial charge in [-0.05, 0) is 44.4 Å². The van der Waals surface area contributed by atoms with Crippen LogP contribution >= 0.6 is 0 Å². The third kappa shape index (κ3) is 4.97. The van der Waals surface area contributed by atoms with E-state index < -0.39 is 22.0 Å². The summed E-state index contributed by atoms with van der Waals surface area (Å²) in [4.78, 5) is 25.3. The van der Waals surface area contributed by atoms with E-state index in [0.29, 0.717) is 5.76 Å². The van der Waals surface area contributed by atoms with Crippen LogP contribution < -0.4 is 4.72 Å². The van der Waals surface area contributed by atoms with Crippen molar-refractivity contribution in [3.05, 3.63) is 53.5 Å². The zero-order valence-electron chi connectivity index (χ0n) is 16.0. The molecule has 0 spiro atoms. The van der Waals surface area contributed by atoms with E-state index >= 15 is 0 Å². The van der Waals surface area contributed by atoms with Crippen LogP contribution in [0, 0.1) is 0 Å². The summed E-state index contributed by atoms with van der Waals surface area (Å²) in [5.41, 5.74) is -0.165. The minimum atomic E-state index is -4.04. The van der Waals surface area contributed by atoms with Gasteiger partial charge < -0.3 is 13.9 Å².